The molecule has 2 aromatic rings. The van der Waals surface area contributed by atoms with Crippen molar-refractivity contribution in [1.29, 1.82) is 0 Å². The number of aryl methyl sites for hydroxylation is 2. The van der Waals surface area contributed by atoms with Crippen molar-refractivity contribution < 1.29 is 4.79 Å². The number of nitrogens with zero attached hydrogens (tertiary/aromatic N) is 3. The molecule has 0 spiro atoms. The first-order chi connectivity index (χ1) is 9.01. The molecule has 7 nitrogen and oxygen atoms in total. The van der Waals surface area contributed by atoms with Crippen LogP contribution in [0.2, 0.25) is 0 Å². The molecule has 0 saturated carbocycles. The number of aromatic nitrogens is 3. The molecule has 19 heavy (non-hydrogen) atoms. The number of nitrogens with one attached hydrogen (secondary N) is 2. The summed E-state index contributed by atoms with van der Waals surface area (Å²) in [5, 5.41) is 6.91. The molecule has 2 heterocycles. The molecule has 0 unspecified atom stereocenters. The molecular formula is C11H13BrN6O. The van der Waals surface area contributed by atoms with E-state index in [9.17, 15) is 4.79 Å². The van der Waals surface area contributed by atoms with Gasteiger partial charge in [-0.2, -0.15) is 5.10 Å². The van der Waals surface area contributed by atoms with Crippen LogP contribution in [0.4, 0.5) is 11.6 Å². The number of amides is 1. The fraction of sp³-hybridized carbons (Fsp3) is 0.182. The lowest BCUT2D eigenvalue weighted by Crippen LogP contribution is -2.19. The van der Waals surface area contributed by atoms with Crippen molar-refractivity contribution in [3.63, 3.8) is 0 Å². The summed E-state index contributed by atoms with van der Waals surface area (Å²) in [6.45, 7) is 1.85. The van der Waals surface area contributed by atoms with E-state index >= 15 is 0 Å². The quantitative estimate of drug-likeness (QED) is 0.586. The second-order valence-electron chi connectivity index (χ2n) is 3.94. The van der Waals surface area contributed by atoms with Crippen LogP contribution in [-0.2, 0) is 7.05 Å². The molecule has 1 amide bonds. The Bertz CT molecular complexity index is 624. The van der Waals surface area contributed by atoms with Gasteiger partial charge in [-0.25, -0.2) is 10.8 Å². The molecule has 0 aromatic carbocycles. The first-order valence-corrected chi connectivity index (χ1v) is 6.24. The van der Waals surface area contributed by atoms with E-state index in [1.165, 1.54) is 0 Å². The Morgan fingerprint density at radius 1 is 1.47 bits per heavy atom. The van der Waals surface area contributed by atoms with Crippen LogP contribution in [0.15, 0.2) is 22.8 Å². The van der Waals surface area contributed by atoms with Crippen LogP contribution in [0.25, 0.3) is 0 Å². The highest BCUT2D eigenvalue weighted by molar-refractivity contribution is 9.10. The monoisotopic (exact) mass is 324 g/mol. The summed E-state index contributed by atoms with van der Waals surface area (Å²) in [4.78, 5) is 16.2. The van der Waals surface area contributed by atoms with Crippen molar-refractivity contribution in [2.45, 2.75) is 6.92 Å². The maximum absolute atomic E-state index is 12.2. The Morgan fingerprint density at radius 3 is 2.79 bits per heavy atom. The van der Waals surface area contributed by atoms with Gasteiger partial charge in [0.05, 0.1) is 11.3 Å². The van der Waals surface area contributed by atoms with Crippen LogP contribution in [0.1, 0.15) is 16.1 Å². The van der Waals surface area contributed by atoms with Gasteiger partial charge in [0.15, 0.2) is 5.82 Å². The van der Waals surface area contributed by atoms with Crippen LogP contribution in [-0.4, -0.2) is 20.7 Å². The van der Waals surface area contributed by atoms with Gasteiger partial charge in [0, 0.05) is 23.8 Å². The van der Waals surface area contributed by atoms with E-state index in [4.69, 9.17) is 5.84 Å². The number of hydrogen-bond donors (Lipinski definition) is 3. The van der Waals surface area contributed by atoms with Gasteiger partial charge in [-0.15, -0.1) is 0 Å². The van der Waals surface area contributed by atoms with Gasteiger partial charge in [-0.05, 0) is 28.9 Å². The summed E-state index contributed by atoms with van der Waals surface area (Å²) in [6, 6.07) is 3.42. The number of hydrazine groups is 1. The average molecular weight is 325 g/mol. The highest BCUT2D eigenvalue weighted by Crippen LogP contribution is 2.19. The number of carbonyl (C=O) groups is 1. The van der Waals surface area contributed by atoms with Gasteiger partial charge in [-0.1, -0.05) is 0 Å². The summed E-state index contributed by atoms with van der Waals surface area (Å²) < 4.78 is 2.28. The minimum Gasteiger partial charge on any atom is -0.308 e. The lowest BCUT2D eigenvalue weighted by Gasteiger charge is -2.09. The smallest absolute Gasteiger partial charge is 0.260 e. The molecule has 0 aliphatic rings. The predicted molar refractivity (Wildman–Crippen MR) is 75.6 cm³/mol. The predicted octanol–water partition coefficient (Wildman–Crippen LogP) is 1.42. The van der Waals surface area contributed by atoms with Gasteiger partial charge in [0.2, 0.25) is 0 Å². The number of nitrogen functional groups attached to an aromatic ring is 1. The maximum Gasteiger partial charge on any atom is 0.260 e. The number of hydrogen-bond acceptors (Lipinski definition) is 5. The Labute approximate surface area is 118 Å². The fourth-order valence-corrected chi connectivity index (χ4v) is 1.97. The molecule has 0 bridgehead atoms. The summed E-state index contributed by atoms with van der Waals surface area (Å²) in [6.07, 6.45) is 1.56. The van der Waals surface area contributed by atoms with Gasteiger partial charge in [0.1, 0.15) is 5.82 Å². The number of anilines is 2. The summed E-state index contributed by atoms with van der Waals surface area (Å²) in [7, 11) is 1.75. The van der Waals surface area contributed by atoms with E-state index in [0.717, 1.165) is 5.69 Å². The second-order valence-corrected chi connectivity index (χ2v) is 4.86. The molecule has 2 rings (SSSR count). The van der Waals surface area contributed by atoms with Crippen LogP contribution in [0.3, 0.4) is 0 Å². The number of carbonyl (C=O) groups excluding carboxylic acids is 1. The fourth-order valence-electron chi connectivity index (χ4n) is 1.64. The van der Waals surface area contributed by atoms with Crippen molar-refractivity contribution >= 4 is 33.5 Å². The van der Waals surface area contributed by atoms with Crippen molar-refractivity contribution in [1.82, 2.24) is 14.8 Å². The highest BCUT2D eigenvalue weighted by Gasteiger charge is 2.15. The minimum absolute atomic E-state index is 0.305. The summed E-state index contributed by atoms with van der Waals surface area (Å²) in [5.74, 6) is 5.93. The van der Waals surface area contributed by atoms with Crippen molar-refractivity contribution in [3.8, 4) is 0 Å². The number of rotatable bonds is 3. The number of halogens is 1. The van der Waals surface area contributed by atoms with E-state index in [-0.39, 0.29) is 5.91 Å². The van der Waals surface area contributed by atoms with E-state index in [2.05, 4.69) is 36.8 Å². The SMILES string of the molecule is Cc1cc(NC(=O)c2cc(Br)cnc2NN)n(C)n1. The zero-order chi connectivity index (χ0) is 14.0. The van der Waals surface area contributed by atoms with E-state index in [0.29, 0.717) is 21.7 Å². The zero-order valence-corrected chi connectivity index (χ0v) is 12.0. The van der Waals surface area contributed by atoms with Crippen LogP contribution >= 0.6 is 15.9 Å². The molecule has 0 radical (unpaired) electrons. The third kappa shape index (κ3) is 2.91. The largest absolute Gasteiger partial charge is 0.308 e. The topological polar surface area (TPSA) is 97.9 Å². The molecular weight excluding hydrogens is 312 g/mol. The Morgan fingerprint density at radius 2 is 2.21 bits per heavy atom. The lowest BCUT2D eigenvalue weighted by atomic mass is 10.2. The molecule has 0 aliphatic heterocycles. The molecule has 4 N–H and O–H groups in total. The van der Waals surface area contributed by atoms with Crippen LogP contribution in [0, 0.1) is 6.92 Å². The molecule has 8 heteroatoms. The van der Waals surface area contributed by atoms with Crippen molar-refractivity contribution in [2.75, 3.05) is 10.7 Å². The Balaban J connectivity index is 2.29. The standard InChI is InChI=1S/C11H13BrN6O/c1-6-3-9(18(2)17-6)15-11(19)8-4-7(12)5-14-10(8)16-13/h3-5H,13H2,1-2H3,(H,14,16)(H,15,19). The van der Waals surface area contributed by atoms with Gasteiger partial charge < -0.3 is 10.7 Å². The van der Waals surface area contributed by atoms with Gasteiger partial charge >= 0.3 is 0 Å². The second kappa shape index (κ2) is 5.37. The van der Waals surface area contributed by atoms with E-state index in [1.807, 2.05) is 6.92 Å². The van der Waals surface area contributed by atoms with Crippen LogP contribution < -0.4 is 16.6 Å². The number of nitrogens with two attached hydrogens (primary N) is 1. The van der Waals surface area contributed by atoms with E-state index < -0.39 is 0 Å². The van der Waals surface area contributed by atoms with Crippen molar-refractivity contribution in [2.24, 2.45) is 12.9 Å². The maximum atomic E-state index is 12.2. The Kier molecular flexibility index (Phi) is 3.82. The zero-order valence-electron chi connectivity index (χ0n) is 10.4. The molecule has 2 aromatic heterocycles. The van der Waals surface area contributed by atoms with E-state index in [1.54, 1.807) is 30.1 Å². The normalized spacial score (nSPS) is 10.3. The van der Waals surface area contributed by atoms with Gasteiger partial charge in [0.25, 0.3) is 5.91 Å². The first-order valence-electron chi connectivity index (χ1n) is 5.45. The number of pyridine rings is 1. The molecule has 100 valence electrons. The molecule has 0 saturated heterocycles. The van der Waals surface area contributed by atoms with Crippen LogP contribution in [0.5, 0.6) is 0 Å². The minimum atomic E-state index is -0.315. The average Bonchev–Trinajstić information content (AvgIpc) is 2.67. The molecule has 0 fully saturated rings. The molecule has 0 aliphatic carbocycles. The summed E-state index contributed by atoms with van der Waals surface area (Å²) >= 11 is 3.27. The van der Waals surface area contributed by atoms with Gasteiger partial charge in [-0.3, -0.25) is 9.48 Å². The first kappa shape index (κ1) is 13.5. The molecule has 0 atom stereocenters. The Hall–Kier alpha value is -1.93. The van der Waals surface area contributed by atoms with Crippen molar-refractivity contribution in [3.05, 3.63) is 34.1 Å². The highest BCUT2D eigenvalue weighted by atomic mass is 79.9. The lowest BCUT2D eigenvalue weighted by molar-refractivity contribution is 0.102. The third-order valence-corrected chi connectivity index (χ3v) is 2.91. The summed E-state index contributed by atoms with van der Waals surface area (Å²) in [5.41, 5.74) is 3.56. The third-order valence-electron chi connectivity index (χ3n) is 2.48.